The molecule has 0 spiro atoms. The third-order valence-electron chi connectivity index (χ3n) is 25.0. The molecular weight excluding hydrogens is 1890 g/mol. The number of rotatable bonds is 37. The molecule has 41 N–H and O–H groups in total. The van der Waals surface area contributed by atoms with Gasteiger partial charge in [0.1, 0.15) is 256 Å². The highest BCUT2D eigenvalue weighted by Crippen LogP contribution is 2.44. The molecule has 58 atom stereocenters. The van der Waals surface area contributed by atoms with E-state index in [1.54, 1.807) is 0 Å². The zero-order chi connectivity index (χ0) is 101. The van der Waals surface area contributed by atoms with E-state index in [0.717, 1.165) is 6.92 Å². The van der Waals surface area contributed by atoms with Crippen molar-refractivity contribution in [3.8, 4) is 0 Å². The summed E-state index contributed by atoms with van der Waals surface area (Å²) in [4.78, 5) is 50.9. The fourth-order valence-corrected chi connectivity index (χ4v) is 17.1. The lowest BCUT2D eigenvalue weighted by molar-refractivity contribution is -0.423. The molecule has 0 aromatic rings. The number of nitrogens with two attached hydrogens (primary N) is 2. The molecule has 0 aromatic heterocycles. The van der Waals surface area contributed by atoms with E-state index in [1.807, 2.05) is 0 Å². The summed E-state index contributed by atoms with van der Waals surface area (Å²) >= 11 is 0. The quantitative estimate of drug-likeness (QED) is 0.0275. The molecule has 0 aliphatic carbocycles. The van der Waals surface area contributed by atoms with Crippen LogP contribution in [0.1, 0.15) is 13.3 Å². The molecule has 11 fully saturated rings. The SMILES string of the molecule is CC(=O)N[C@H]1[C@H](OC[C@H]2O[C@H](O[C@@H]3[C@H](O)[C@@H](O)[C@@H](O[C@H]4[C@H](O)[C@@H]([C@@H](O)CO[C@H]5O[C@H]([C@@H](O)CO[C@H]6O[C@H](C(=O)O)[C@H](O[C@H]7O[C@H](CO)[C@@H](O)[C@H](O)[C@H]7N)[C@H](O)[C@H]6O)[C@@H](O)[C@H](O)[C@@H]5O)O[C@H](O[C@@H]5[C@H](O)[C@@H](O[C@H]6[C@@H]([C@H](O)CO)OC(O)(C(=O)O)C[C@H]6O)O[C@H]([C@@H](O)CO)[C@H]5O[C@@H]5O[C@H](CO)[C@H](O)[C@H](O)[C@H]5O)[C@H]4O[C@@H]4O[C@H](CO)[C@@H](O)[C@H](O)[C@H]4O)O[C@@H]3C(=O)O)[C@H](N)[C@@H](O)[C@@H]2O)O[C@H](CO)[C@@H](O)[C@@H]1O. The topological polar surface area (TPSA) is 1050 Å². The van der Waals surface area contributed by atoms with Crippen molar-refractivity contribution in [3.05, 3.63) is 0 Å². The highest BCUT2D eigenvalue weighted by Gasteiger charge is 2.65. The van der Waals surface area contributed by atoms with Gasteiger partial charge in [0.05, 0.1) is 77.6 Å². The standard InChI is InChI=1S/C73H121N3O61/c1-12(83)76-25-33(96)27(90)19(6-80)121-64(25)119-11-22-30(93)32(95)24(75)63(124-22)130-53-39(102)44(107)69(135-58(53)61(112)113)131-54-45(108)48(17(88)10-117-65-40(103)36(99)37(100)47(125-65)16(87)9-118-66-43(106)38(101)52(57(134-66)60(110)111)129-62-23(74)31(94)26(89)18(5-79)120-62)126-71(59(54)136-68-42(105)35(98)29(92)21(8-82)123-68)132-55-46(109)70(127-49-13(84)2-73(116,72(114)115)137-51(49)15(86)4-78)128-50(14(85)3-77)56(55)133-67-41(104)34(97)28(91)20(7-81)122-67/h13-59,62-71,77-82,84-109,116H,2-11,74-75H2,1H3,(H,76,83)(H,110,111)(H,112,113)(H,114,115)/t13-,14+,15-,16+,17+,18-,19-,20-,21-,22-,23-,24-,25-,26-,27-,28+,29-,30-,31-,32-,33-,34+,35+,36+,37+,38-,39-,40+,41-,42-,43-,44-,45-,46+,47-,48-,49-,50-,51-,52-,53-,54+,55-,56-,57+,58+,59+,62-,63-,64-,65+,66+,67+,68+,69+,70+,71-,73?/m1/s1. The number of carboxylic acids is 3. The van der Waals surface area contributed by atoms with Gasteiger partial charge in [-0.2, -0.15) is 0 Å². The van der Waals surface area contributed by atoms with Crippen molar-refractivity contribution in [2.45, 2.75) is 369 Å². The van der Waals surface area contributed by atoms with E-state index >= 15 is 0 Å². The number of aliphatic hydroxyl groups is 33. The maximum Gasteiger partial charge on any atom is 0.364 e. The molecule has 11 rings (SSSR count). The number of ether oxygens (including phenoxy) is 21. The molecule has 11 heterocycles. The summed E-state index contributed by atoms with van der Waals surface area (Å²) in [6.45, 7) is -10.4. The first-order valence-electron chi connectivity index (χ1n) is 42.7. The van der Waals surface area contributed by atoms with Crippen molar-refractivity contribution in [2.75, 3.05) is 59.5 Å². The van der Waals surface area contributed by atoms with Crippen LogP contribution in [0.25, 0.3) is 0 Å². The zero-order valence-corrected chi connectivity index (χ0v) is 71.4. The van der Waals surface area contributed by atoms with Gasteiger partial charge in [-0.05, 0) is 0 Å². The predicted octanol–water partition coefficient (Wildman–Crippen LogP) is -26.8. The molecular formula is C73H121N3O61. The first kappa shape index (κ1) is 113. The molecule has 11 aliphatic rings. The Bertz CT molecular complexity index is 3800. The van der Waals surface area contributed by atoms with Gasteiger partial charge in [-0.1, -0.05) is 0 Å². The van der Waals surface area contributed by atoms with E-state index in [-0.39, 0.29) is 0 Å². The molecule has 0 bridgehead atoms. The molecule has 137 heavy (non-hydrogen) atoms. The first-order chi connectivity index (χ1) is 64.4. The Morgan fingerprint density at radius 3 is 1.15 bits per heavy atom. The van der Waals surface area contributed by atoms with Crippen LogP contribution in [0, 0.1) is 0 Å². The molecule has 64 nitrogen and oxygen atoms in total. The van der Waals surface area contributed by atoms with Gasteiger partial charge in [0, 0.05) is 13.3 Å². The summed E-state index contributed by atoms with van der Waals surface area (Å²) in [5.41, 5.74) is 12.2. The van der Waals surface area contributed by atoms with E-state index in [9.17, 15) is 203 Å². The number of carboxylic acid groups (broad SMARTS) is 3. The van der Waals surface area contributed by atoms with Crippen molar-refractivity contribution in [2.24, 2.45) is 11.5 Å². The maximum absolute atomic E-state index is 13.7. The van der Waals surface area contributed by atoms with E-state index in [2.05, 4.69) is 5.32 Å². The second-order valence-corrected chi connectivity index (χ2v) is 34.3. The highest BCUT2D eigenvalue weighted by molar-refractivity contribution is 5.76. The van der Waals surface area contributed by atoms with Crippen LogP contribution < -0.4 is 16.8 Å². The number of hydrogen-bond acceptors (Lipinski definition) is 60. The monoisotopic (exact) mass is 2020 g/mol. The Kier molecular flexibility index (Phi) is 39.5. The van der Waals surface area contributed by atoms with Crippen molar-refractivity contribution < 1.29 is 302 Å². The Balaban J connectivity index is 0.955. The number of aliphatic hydroxyl groups excluding tert-OH is 32. The van der Waals surface area contributed by atoms with Crippen LogP contribution in [0.2, 0.25) is 0 Å². The number of aliphatic carboxylic acids is 3. The van der Waals surface area contributed by atoms with Crippen LogP contribution in [0.15, 0.2) is 0 Å². The number of nitrogens with one attached hydrogen (secondary N) is 1. The lowest BCUT2D eigenvalue weighted by Crippen LogP contribution is -2.71. The van der Waals surface area contributed by atoms with Crippen LogP contribution in [0.4, 0.5) is 0 Å². The summed E-state index contributed by atoms with van der Waals surface area (Å²) in [6.07, 6.45) is -133. The van der Waals surface area contributed by atoms with Crippen LogP contribution >= 0.6 is 0 Å². The van der Waals surface area contributed by atoms with E-state index < -0.39 is 445 Å². The van der Waals surface area contributed by atoms with Gasteiger partial charge in [-0.15, -0.1) is 0 Å². The minimum Gasteiger partial charge on any atom is -0.479 e. The van der Waals surface area contributed by atoms with Gasteiger partial charge in [0.25, 0.3) is 5.79 Å². The van der Waals surface area contributed by atoms with E-state index in [4.69, 9.17) is 111 Å². The van der Waals surface area contributed by atoms with Crippen molar-refractivity contribution in [1.82, 2.24) is 5.32 Å². The van der Waals surface area contributed by atoms with Gasteiger partial charge < -0.3 is 300 Å². The average molecular weight is 2020 g/mol. The minimum atomic E-state index is -3.45. The summed E-state index contributed by atoms with van der Waals surface area (Å²) < 4.78 is 121. The molecule has 0 saturated carbocycles. The van der Waals surface area contributed by atoms with Crippen LogP contribution in [-0.2, 0) is 119 Å². The first-order valence-corrected chi connectivity index (χ1v) is 42.7. The molecule has 0 aromatic carbocycles. The second-order valence-electron chi connectivity index (χ2n) is 34.3. The molecule has 11 aliphatic heterocycles. The summed E-state index contributed by atoms with van der Waals surface area (Å²) in [5.74, 6) is -10.7. The molecule has 1 amide bonds. The third kappa shape index (κ3) is 24.2. The Morgan fingerprint density at radius 2 is 0.672 bits per heavy atom. The van der Waals surface area contributed by atoms with Crippen LogP contribution in [-0.4, -0.2) is 622 Å². The predicted molar refractivity (Wildman–Crippen MR) is 408 cm³/mol. The van der Waals surface area contributed by atoms with E-state index in [1.165, 1.54) is 0 Å². The fourth-order valence-electron chi connectivity index (χ4n) is 17.1. The maximum atomic E-state index is 13.7. The minimum absolute atomic E-state index is 0.825. The Hall–Kier alpha value is -4.36. The van der Waals surface area contributed by atoms with Gasteiger partial charge >= 0.3 is 17.9 Å². The number of hydrogen-bond donors (Lipinski definition) is 39. The lowest BCUT2D eigenvalue weighted by Gasteiger charge is -2.53. The molecule has 0 radical (unpaired) electrons. The van der Waals surface area contributed by atoms with E-state index in [0.29, 0.717) is 0 Å². The Morgan fingerprint density at radius 1 is 0.328 bits per heavy atom. The fraction of sp³-hybridized carbons (Fsp3) is 0.945. The Labute approximate surface area is 769 Å². The molecule has 794 valence electrons. The third-order valence-corrected chi connectivity index (χ3v) is 25.0. The highest BCUT2D eigenvalue weighted by atomic mass is 16.8. The zero-order valence-electron chi connectivity index (χ0n) is 71.4. The van der Waals surface area contributed by atoms with Gasteiger partial charge in [0.2, 0.25) is 5.91 Å². The summed E-state index contributed by atoms with van der Waals surface area (Å²) in [5, 5.41) is 404. The van der Waals surface area contributed by atoms with Crippen molar-refractivity contribution in [3.63, 3.8) is 0 Å². The summed E-state index contributed by atoms with van der Waals surface area (Å²) in [6, 6.07) is -5.37. The largest absolute Gasteiger partial charge is 0.479 e. The van der Waals surface area contributed by atoms with Gasteiger partial charge in [0.15, 0.2) is 75.1 Å². The van der Waals surface area contributed by atoms with Crippen molar-refractivity contribution in [1.29, 1.82) is 0 Å². The lowest BCUT2D eigenvalue weighted by atomic mass is 9.91. The molecule has 1 unspecified atom stereocenters. The molecule has 64 heteroatoms. The summed E-state index contributed by atoms with van der Waals surface area (Å²) in [7, 11) is 0. The van der Waals surface area contributed by atoms with Gasteiger partial charge in [-0.3, -0.25) is 4.79 Å². The smallest absolute Gasteiger partial charge is 0.364 e. The number of carbonyl (C=O) groups is 4. The number of carbonyl (C=O) groups excluding carboxylic acids is 1. The second kappa shape index (κ2) is 47.9. The van der Waals surface area contributed by atoms with Crippen molar-refractivity contribution >= 4 is 23.8 Å². The number of amides is 1. The normalized spacial score (nSPS) is 50.0. The van der Waals surface area contributed by atoms with Gasteiger partial charge in [-0.25, -0.2) is 14.4 Å². The van der Waals surface area contributed by atoms with Crippen LogP contribution in [0.3, 0.4) is 0 Å². The average Bonchev–Trinajstić information content (AvgIpc) is 0.751. The molecule has 11 saturated heterocycles. The van der Waals surface area contributed by atoms with Crippen LogP contribution in [0.5, 0.6) is 0 Å².